The molecule has 0 aliphatic rings. The fraction of sp³-hybridized carbons (Fsp3) is 0.308. The minimum absolute atomic E-state index is 0.195. The molecule has 0 radical (unpaired) electrons. The summed E-state index contributed by atoms with van der Waals surface area (Å²) in [5, 5.41) is 0. The van der Waals surface area contributed by atoms with Gasteiger partial charge in [0.1, 0.15) is 11.6 Å². The van der Waals surface area contributed by atoms with E-state index in [2.05, 4.69) is 4.98 Å². The molecule has 90 valence electrons. The average molecular weight is 233 g/mol. The summed E-state index contributed by atoms with van der Waals surface area (Å²) in [7, 11) is 0. The molecule has 2 rings (SSSR count). The van der Waals surface area contributed by atoms with Crippen molar-refractivity contribution >= 4 is 0 Å². The van der Waals surface area contributed by atoms with E-state index in [-0.39, 0.29) is 5.82 Å². The van der Waals surface area contributed by atoms with E-state index in [0.717, 1.165) is 23.4 Å². The van der Waals surface area contributed by atoms with Crippen molar-refractivity contribution in [1.82, 2.24) is 9.55 Å². The van der Waals surface area contributed by atoms with E-state index in [1.54, 1.807) is 12.3 Å². The minimum Gasteiger partial charge on any atom is -0.330 e. The molecule has 2 aromatic rings. The van der Waals surface area contributed by atoms with Gasteiger partial charge in [-0.05, 0) is 36.7 Å². The highest BCUT2D eigenvalue weighted by molar-refractivity contribution is 5.27. The number of hydrogen-bond acceptors (Lipinski definition) is 2. The smallest absolute Gasteiger partial charge is 0.123 e. The van der Waals surface area contributed by atoms with Crippen molar-refractivity contribution in [2.75, 3.05) is 6.54 Å². The predicted molar refractivity (Wildman–Crippen MR) is 65.2 cm³/mol. The molecule has 0 saturated heterocycles. The second kappa shape index (κ2) is 5.10. The number of nitrogens with zero attached hydrogens (tertiary/aromatic N) is 2. The van der Waals surface area contributed by atoms with Crippen LogP contribution in [-0.2, 0) is 13.0 Å². The molecular formula is C13H16FN3. The van der Waals surface area contributed by atoms with Gasteiger partial charge < -0.3 is 10.3 Å². The Kier molecular flexibility index (Phi) is 3.54. The summed E-state index contributed by atoms with van der Waals surface area (Å²) in [5.41, 5.74) is 7.58. The van der Waals surface area contributed by atoms with Crippen LogP contribution in [-0.4, -0.2) is 16.1 Å². The van der Waals surface area contributed by atoms with Gasteiger partial charge in [0.25, 0.3) is 0 Å². The normalized spacial score (nSPS) is 10.8. The first-order valence-electron chi connectivity index (χ1n) is 5.66. The fourth-order valence-corrected chi connectivity index (χ4v) is 1.86. The molecule has 0 fully saturated rings. The number of benzene rings is 1. The first kappa shape index (κ1) is 11.8. The highest BCUT2D eigenvalue weighted by Crippen LogP contribution is 2.12. The van der Waals surface area contributed by atoms with E-state index in [4.69, 9.17) is 5.73 Å². The number of imidazole rings is 1. The van der Waals surface area contributed by atoms with Crippen LogP contribution in [0.5, 0.6) is 0 Å². The molecule has 3 nitrogen and oxygen atoms in total. The van der Waals surface area contributed by atoms with Gasteiger partial charge in [0.15, 0.2) is 0 Å². The standard InChI is InChI=1S/C13H16FN3/c1-10-8-12(14)3-2-11(10)9-17-7-6-16-13(17)4-5-15/h2-3,6-8H,4-5,9,15H2,1H3. The minimum atomic E-state index is -0.195. The van der Waals surface area contributed by atoms with Crippen molar-refractivity contribution in [3.05, 3.63) is 53.4 Å². The number of halogens is 1. The Morgan fingerprint density at radius 2 is 2.24 bits per heavy atom. The SMILES string of the molecule is Cc1cc(F)ccc1Cn1ccnc1CCN. The maximum atomic E-state index is 13.0. The van der Waals surface area contributed by atoms with Crippen LogP contribution in [0.2, 0.25) is 0 Å². The van der Waals surface area contributed by atoms with Gasteiger partial charge in [0.2, 0.25) is 0 Å². The van der Waals surface area contributed by atoms with Crippen molar-refractivity contribution in [1.29, 1.82) is 0 Å². The Labute approximate surface area is 100 Å². The van der Waals surface area contributed by atoms with Crippen LogP contribution in [0.15, 0.2) is 30.6 Å². The molecule has 1 aromatic heterocycles. The Bertz CT molecular complexity index is 505. The summed E-state index contributed by atoms with van der Waals surface area (Å²) < 4.78 is 15.0. The Hall–Kier alpha value is -1.68. The first-order chi connectivity index (χ1) is 8.20. The molecule has 1 heterocycles. The Morgan fingerprint density at radius 1 is 1.41 bits per heavy atom. The summed E-state index contributed by atoms with van der Waals surface area (Å²) in [4.78, 5) is 4.26. The van der Waals surface area contributed by atoms with Crippen LogP contribution in [0.4, 0.5) is 4.39 Å². The zero-order valence-electron chi connectivity index (χ0n) is 9.86. The number of aryl methyl sites for hydroxylation is 1. The van der Waals surface area contributed by atoms with Crippen molar-refractivity contribution < 1.29 is 4.39 Å². The van der Waals surface area contributed by atoms with Crippen LogP contribution >= 0.6 is 0 Å². The molecule has 0 aliphatic carbocycles. The van der Waals surface area contributed by atoms with Gasteiger partial charge in [-0.25, -0.2) is 9.37 Å². The largest absolute Gasteiger partial charge is 0.330 e. The number of rotatable bonds is 4. The van der Waals surface area contributed by atoms with Crippen LogP contribution in [0.3, 0.4) is 0 Å². The lowest BCUT2D eigenvalue weighted by Crippen LogP contribution is -2.11. The van der Waals surface area contributed by atoms with Crippen LogP contribution in [0, 0.1) is 12.7 Å². The van der Waals surface area contributed by atoms with E-state index in [1.807, 2.05) is 23.8 Å². The zero-order valence-corrected chi connectivity index (χ0v) is 9.86. The third-order valence-corrected chi connectivity index (χ3v) is 2.81. The van der Waals surface area contributed by atoms with Gasteiger partial charge in [0, 0.05) is 25.4 Å². The molecule has 0 atom stereocenters. The maximum absolute atomic E-state index is 13.0. The molecule has 1 aromatic carbocycles. The van der Waals surface area contributed by atoms with Gasteiger partial charge in [-0.2, -0.15) is 0 Å². The molecule has 0 amide bonds. The lowest BCUT2D eigenvalue weighted by Gasteiger charge is -2.09. The molecule has 0 spiro atoms. The molecule has 0 saturated carbocycles. The molecule has 0 bridgehead atoms. The van der Waals surface area contributed by atoms with Gasteiger partial charge >= 0.3 is 0 Å². The second-order valence-electron chi connectivity index (χ2n) is 4.08. The molecule has 0 unspecified atom stereocenters. The third kappa shape index (κ3) is 2.71. The predicted octanol–water partition coefficient (Wildman–Crippen LogP) is 1.88. The van der Waals surface area contributed by atoms with Crippen molar-refractivity contribution in [3.63, 3.8) is 0 Å². The number of nitrogens with two attached hydrogens (primary N) is 1. The van der Waals surface area contributed by atoms with E-state index in [9.17, 15) is 4.39 Å². The van der Waals surface area contributed by atoms with Gasteiger partial charge in [0.05, 0.1) is 0 Å². The summed E-state index contributed by atoms with van der Waals surface area (Å²) in [6, 6.07) is 4.85. The van der Waals surface area contributed by atoms with Crippen molar-refractivity contribution in [2.45, 2.75) is 19.9 Å². The van der Waals surface area contributed by atoms with Crippen LogP contribution in [0.25, 0.3) is 0 Å². The lowest BCUT2D eigenvalue weighted by molar-refractivity contribution is 0.624. The second-order valence-corrected chi connectivity index (χ2v) is 4.08. The third-order valence-electron chi connectivity index (χ3n) is 2.81. The zero-order chi connectivity index (χ0) is 12.3. The summed E-state index contributed by atoms with van der Waals surface area (Å²) >= 11 is 0. The fourth-order valence-electron chi connectivity index (χ4n) is 1.86. The Morgan fingerprint density at radius 3 is 2.94 bits per heavy atom. The van der Waals surface area contributed by atoms with Gasteiger partial charge in [-0.3, -0.25) is 0 Å². The van der Waals surface area contributed by atoms with E-state index in [0.29, 0.717) is 13.1 Å². The monoisotopic (exact) mass is 233 g/mol. The highest BCUT2D eigenvalue weighted by atomic mass is 19.1. The highest BCUT2D eigenvalue weighted by Gasteiger charge is 2.05. The van der Waals surface area contributed by atoms with Crippen LogP contribution < -0.4 is 5.73 Å². The molecule has 2 N–H and O–H groups in total. The van der Waals surface area contributed by atoms with E-state index in [1.165, 1.54) is 6.07 Å². The van der Waals surface area contributed by atoms with Gasteiger partial charge in [-0.1, -0.05) is 6.07 Å². The maximum Gasteiger partial charge on any atom is 0.123 e. The van der Waals surface area contributed by atoms with Crippen molar-refractivity contribution in [3.8, 4) is 0 Å². The first-order valence-corrected chi connectivity index (χ1v) is 5.66. The molecule has 17 heavy (non-hydrogen) atoms. The number of aromatic nitrogens is 2. The molecular weight excluding hydrogens is 217 g/mol. The van der Waals surface area contributed by atoms with Crippen molar-refractivity contribution in [2.24, 2.45) is 5.73 Å². The van der Waals surface area contributed by atoms with E-state index >= 15 is 0 Å². The summed E-state index contributed by atoms with van der Waals surface area (Å²) in [6.45, 7) is 3.21. The van der Waals surface area contributed by atoms with E-state index < -0.39 is 0 Å². The summed E-state index contributed by atoms with van der Waals surface area (Å²) in [5.74, 6) is 0.773. The molecule has 4 heteroatoms. The van der Waals surface area contributed by atoms with Gasteiger partial charge in [-0.15, -0.1) is 0 Å². The topological polar surface area (TPSA) is 43.8 Å². The average Bonchev–Trinajstić information content (AvgIpc) is 2.71. The lowest BCUT2D eigenvalue weighted by atomic mass is 10.1. The number of hydrogen-bond donors (Lipinski definition) is 1. The quantitative estimate of drug-likeness (QED) is 0.876. The summed E-state index contributed by atoms with van der Waals surface area (Å²) in [6.07, 6.45) is 4.45. The van der Waals surface area contributed by atoms with Crippen LogP contribution in [0.1, 0.15) is 17.0 Å². The molecule has 0 aliphatic heterocycles. The Balaban J connectivity index is 2.22.